The van der Waals surface area contributed by atoms with Gasteiger partial charge in [-0.15, -0.1) is 0 Å². The fourth-order valence-corrected chi connectivity index (χ4v) is 2.45. The quantitative estimate of drug-likeness (QED) is 0.703. The Labute approximate surface area is 149 Å². The first kappa shape index (κ1) is 17.6. The summed E-state index contributed by atoms with van der Waals surface area (Å²) >= 11 is 0. The molecule has 3 aromatic rings. The van der Waals surface area contributed by atoms with Gasteiger partial charge in [0.25, 0.3) is 0 Å². The zero-order valence-corrected chi connectivity index (χ0v) is 14.0. The molecule has 0 aliphatic carbocycles. The van der Waals surface area contributed by atoms with Gasteiger partial charge in [0, 0.05) is 18.2 Å². The maximum absolute atomic E-state index is 13.2. The van der Waals surface area contributed by atoms with E-state index in [1.165, 1.54) is 13.2 Å². The number of phenols is 1. The Bertz CT molecular complexity index is 919. The van der Waals surface area contributed by atoms with E-state index in [1.807, 2.05) is 6.07 Å². The minimum Gasteiger partial charge on any atom is -0.508 e. The Morgan fingerprint density at radius 1 is 1.04 bits per heavy atom. The number of anilines is 1. The van der Waals surface area contributed by atoms with Gasteiger partial charge in [-0.05, 0) is 36.2 Å². The molecule has 2 aromatic carbocycles. The largest absolute Gasteiger partial charge is 0.508 e. The van der Waals surface area contributed by atoms with Crippen molar-refractivity contribution in [2.75, 3.05) is 19.0 Å². The molecule has 0 atom stereocenters. The summed E-state index contributed by atoms with van der Waals surface area (Å²) in [5.74, 6) is -1.07. The van der Waals surface area contributed by atoms with E-state index in [0.717, 1.165) is 6.07 Å². The third-order valence-electron chi connectivity index (χ3n) is 3.73. The molecule has 0 aliphatic heterocycles. The van der Waals surface area contributed by atoms with Gasteiger partial charge in [0.05, 0.1) is 12.8 Å². The molecule has 1 aromatic heterocycles. The Morgan fingerprint density at radius 2 is 1.88 bits per heavy atom. The number of aromatic hydroxyl groups is 1. The Hall–Kier alpha value is -3.22. The van der Waals surface area contributed by atoms with Gasteiger partial charge in [-0.1, -0.05) is 18.2 Å². The highest BCUT2D eigenvalue weighted by Gasteiger charge is 2.08. The summed E-state index contributed by atoms with van der Waals surface area (Å²) in [4.78, 5) is 8.50. The fraction of sp³-hybridized carbons (Fsp3) is 0.158. The summed E-state index contributed by atoms with van der Waals surface area (Å²) in [5.41, 5.74) is 1.98. The predicted octanol–water partition coefficient (Wildman–Crippen LogP) is 3.79. The molecule has 2 N–H and O–H groups in total. The number of rotatable bonds is 6. The molecule has 5 nitrogen and oxygen atoms in total. The second-order valence-electron chi connectivity index (χ2n) is 5.60. The van der Waals surface area contributed by atoms with E-state index < -0.39 is 11.6 Å². The first-order valence-electron chi connectivity index (χ1n) is 7.95. The van der Waals surface area contributed by atoms with Gasteiger partial charge in [-0.3, -0.25) is 0 Å². The van der Waals surface area contributed by atoms with E-state index in [9.17, 15) is 13.9 Å². The van der Waals surface area contributed by atoms with Crippen LogP contribution in [0.1, 0.15) is 5.56 Å². The first-order chi connectivity index (χ1) is 12.5. The van der Waals surface area contributed by atoms with Crippen LogP contribution in [0.25, 0.3) is 11.3 Å². The lowest BCUT2D eigenvalue weighted by Gasteiger charge is -2.10. The molecule has 0 bridgehead atoms. The van der Waals surface area contributed by atoms with Gasteiger partial charge in [0.15, 0.2) is 11.6 Å². The molecule has 0 spiro atoms. The van der Waals surface area contributed by atoms with E-state index in [-0.39, 0.29) is 11.8 Å². The topological polar surface area (TPSA) is 67.3 Å². The smallest absolute Gasteiger partial charge is 0.318 e. The van der Waals surface area contributed by atoms with Gasteiger partial charge in [0.2, 0.25) is 0 Å². The molecule has 7 heteroatoms. The lowest BCUT2D eigenvalue weighted by atomic mass is 10.1. The summed E-state index contributed by atoms with van der Waals surface area (Å²) in [6, 6.07) is 12.4. The van der Waals surface area contributed by atoms with Crippen LogP contribution in [0.4, 0.5) is 14.6 Å². The number of hydrogen-bond donors (Lipinski definition) is 2. The first-order valence-corrected chi connectivity index (χ1v) is 7.95. The molecular weight excluding hydrogens is 340 g/mol. The van der Waals surface area contributed by atoms with Gasteiger partial charge in [-0.2, -0.15) is 9.97 Å². The number of nitrogens with one attached hydrogen (secondary N) is 1. The van der Waals surface area contributed by atoms with Crippen LogP contribution in [0.3, 0.4) is 0 Å². The average Bonchev–Trinajstić information content (AvgIpc) is 2.64. The third-order valence-corrected chi connectivity index (χ3v) is 3.73. The molecule has 134 valence electrons. The van der Waals surface area contributed by atoms with Crippen LogP contribution in [0, 0.1) is 11.6 Å². The zero-order valence-electron chi connectivity index (χ0n) is 14.0. The summed E-state index contributed by atoms with van der Waals surface area (Å²) in [6.45, 7) is 0.463. The van der Waals surface area contributed by atoms with Crippen molar-refractivity contribution in [3.05, 3.63) is 65.7 Å². The number of nitrogens with zero attached hydrogens (tertiary/aromatic N) is 2. The van der Waals surface area contributed by atoms with Crippen LogP contribution in [-0.4, -0.2) is 28.7 Å². The number of phenolic OH excluding ortho intramolecular Hbond substituents is 1. The second-order valence-corrected chi connectivity index (χ2v) is 5.60. The van der Waals surface area contributed by atoms with Crippen LogP contribution >= 0.6 is 0 Å². The van der Waals surface area contributed by atoms with Crippen molar-refractivity contribution in [2.45, 2.75) is 6.42 Å². The van der Waals surface area contributed by atoms with Crippen LogP contribution in [0.15, 0.2) is 48.5 Å². The molecule has 0 fully saturated rings. The highest BCUT2D eigenvalue weighted by atomic mass is 19.2. The van der Waals surface area contributed by atoms with E-state index in [0.29, 0.717) is 35.6 Å². The highest BCUT2D eigenvalue weighted by molar-refractivity contribution is 5.64. The van der Waals surface area contributed by atoms with Crippen LogP contribution < -0.4 is 10.1 Å². The Balaban J connectivity index is 1.74. The van der Waals surface area contributed by atoms with Crippen molar-refractivity contribution in [3.63, 3.8) is 0 Å². The Morgan fingerprint density at radius 3 is 2.62 bits per heavy atom. The molecule has 0 saturated carbocycles. The number of benzene rings is 2. The maximum Gasteiger partial charge on any atom is 0.318 e. The zero-order chi connectivity index (χ0) is 18.5. The molecular formula is C19H17F2N3O2. The number of methoxy groups -OCH3 is 1. The number of ether oxygens (including phenoxy) is 1. The molecule has 0 aliphatic rings. The molecule has 1 heterocycles. The van der Waals surface area contributed by atoms with Crippen molar-refractivity contribution in [3.8, 4) is 23.0 Å². The molecule has 0 unspecified atom stereocenters. The van der Waals surface area contributed by atoms with Crippen molar-refractivity contribution < 1.29 is 18.6 Å². The molecule has 26 heavy (non-hydrogen) atoms. The van der Waals surface area contributed by atoms with Crippen molar-refractivity contribution >= 4 is 5.82 Å². The van der Waals surface area contributed by atoms with Gasteiger partial charge in [-0.25, -0.2) is 8.78 Å². The van der Waals surface area contributed by atoms with E-state index in [4.69, 9.17) is 4.74 Å². The minimum atomic E-state index is -0.864. The van der Waals surface area contributed by atoms with Gasteiger partial charge in [0.1, 0.15) is 11.6 Å². The van der Waals surface area contributed by atoms with Crippen molar-refractivity contribution in [1.82, 2.24) is 9.97 Å². The fourth-order valence-electron chi connectivity index (χ4n) is 2.45. The number of aromatic nitrogens is 2. The third kappa shape index (κ3) is 4.24. The van der Waals surface area contributed by atoms with Crippen molar-refractivity contribution in [1.29, 1.82) is 0 Å². The van der Waals surface area contributed by atoms with Crippen molar-refractivity contribution in [2.24, 2.45) is 0 Å². The Kier molecular flexibility index (Phi) is 5.26. The van der Waals surface area contributed by atoms with Crippen LogP contribution in [0.2, 0.25) is 0 Å². The lowest BCUT2D eigenvalue weighted by Crippen LogP contribution is -2.08. The van der Waals surface area contributed by atoms with E-state index in [1.54, 1.807) is 30.3 Å². The van der Waals surface area contributed by atoms with E-state index >= 15 is 0 Å². The molecule has 3 rings (SSSR count). The lowest BCUT2D eigenvalue weighted by molar-refractivity contribution is 0.381. The van der Waals surface area contributed by atoms with Gasteiger partial charge >= 0.3 is 6.01 Å². The van der Waals surface area contributed by atoms with E-state index in [2.05, 4.69) is 15.3 Å². The van der Waals surface area contributed by atoms with Crippen LogP contribution in [0.5, 0.6) is 11.8 Å². The minimum absolute atomic E-state index is 0.132. The average molecular weight is 357 g/mol. The molecule has 0 amide bonds. The second kappa shape index (κ2) is 7.77. The normalized spacial score (nSPS) is 10.6. The monoisotopic (exact) mass is 357 g/mol. The van der Waals surface area contributed by atoms with Crippen LogP contribution in [-0.2, 0) is 6.42 Å². The van der Waals surface area contributed by atoms with Gasteiger partial charge < -0.3 is 15.2 Å². The summed E-state index contributed by atoms with van der Waals surface area (Å²) in [6.07, 6.45) is 0.491. The standard InChI is InChI=1S/C19H17F2N3O2/c1-26-19-23-17(13-3-2-4-14(25)10-13)11-18(24-19)22-8-7-12-5-6-15(20)16(21)9-12/h2-6,9-11,25H,7-8H2,1H3,(H,22,23,24). The summed E-state index contributed by atoms with van der Waals surface area (Å²) in [5, 5.41) is 12.7. The SMILES string of the molecule is COc1nc(NCCc2ccc(F)c(F)c2)cc(-c2cccc(O)c2)n1. The number of halogens is 2. The molecule has 0 radical (unpaired) electrons. The number of hydrogen-bond acceptors (Lipinski definition) is 5. The maximum atomic E-state index is 13.2. The predicted molar refractivity (Wildman–Crippen MR) is 94.2 cm³/mol. The molecule has 0 saturated heterocycles. The highest BCUT2D eigenvalue weighted by Crippen LogP contribution is 2.25. The summed E-state index contributed by atoms with van der Waals surface area (Å²) < 4.78 is 31.3. The summed E-state index contributed by atoms with van der Waals surface area (Å²) in [7, 11) is 1.46.